The van der Waals surface area contributed by atoms with Crippen molar-refractivity contribution in [1.82, 2.24) is 10.7 Å². The lowest BCUT2D eigenvalue weighted by atomic mass is 10.2. The maximum atomic E-state index is 12.8. The monoisotopic (exact) mass is 317 g/mol. The molecule has 0 saturated carbocycles. The maximum Gasteiger partial charge on any atom is 0.271 e. The Morgan fingerprint density at radius 2 is 1.96 bits per heavy atom. The summed E-state index contributed by atoms with van der Waals surface area (Å²) in [5.74, 6) is -0.481. The predicted molar refractivity (Wildman–Crippen MR) is 82.1 cm³/mol. The number of halogens is 1. The number of hydrazone groups is 1. The van der Waals surface area contributed by atoms with Crippen LogP contribution in [0.2, 0.25) is 0 Å². The largest absolute Gasteiger partial charge is 0.467 e. The average Bonchev–Trinajstić information content (AvgIpc) is 3.05. The summed E-state index contributed by atoms with van der Waals surface area (Å²) in [6, 6.07) is 8.57. The second kappa shape index (κ2) is 7.88. The molecule has 0 unspecified atom stereocenters. The van der Waals surface area contributed by atoms with E-state index in [0.717, 1.165) is 0 Å². The maximum absolute atomic E-state index is 12.8. The van der Waals surface area contributed by atoms with Gasteiger partial charge in [0.2, 0.25) is 5.91 Å². The van der Waals surface area contributed by atoms with Crippen LogP contribution < -0.4 is 10.7 Å². The summed E-state index contributed by atoms with van der Waals surface area (Å²) in [5, 5.41) is 6.52. The van der Waals surface area contributed by atoms with Crippen LogP contribution in [0.3, 0.4) is 0 Å². The normalized spacial score (nSPS) is 11.1. The molecule has 0 aliphatic heterocycles. The summed E-state index contributed by atoms with van der Waals surface area (Å²) in [6.07, 6.45) is 1.57. The van der Waals surface area contributed by atoms with Gasteiger partial charge in [0.1, 0.15) is 11.6 Å². The minimum Gasteiger partial charge on any atom is -0.467 e. The molecule has 0 saturated heterocycles. The fraction of sp³-hybridized carbons (Fsp3) is 0.188. The van der Waals surface area contributed by atoms with Crippen molar-refractivity contribution >= 4 is 17.5 Å². The van der Waals surface area contributed by atoms with E-state index in [4.69, 9.17) is 4.42 Å². The third-order valence-electron chi connectivity index (χ3n) is 2.91. The number of carbonyl (C=O) groups is 2. The van der Waals surface area contributed by atoms with Gasteiger partial charge in [-0.3, -0.25) is 9.59 Å². The lowest BCUT2D eigenvalue weighted by Crippen LogP contribution is -2.26. The molecule has 0 atom stereocenters. The Kier molecular flexibility index (Phi) is 5.62. The third-order valence-corrected chi connectivity index (χ3v) is 2.91. The van der Waals surface area contributed by atoms with E-state index in [-0.39, 0.29) is 17.9 Å². The van der Waals surface area contributed by atoms with Gasteiger partial charge in [0.25, 0.3) is 5.91 Å². The Bertz CT molecular complexity index is 694. The first kappa shape index (κ1) is 16.4. The molecule has 1 aromatic heterocycles. The first-order chi connectivity index (χ1) is 11.0. The number of benzene rings is 1. The average molecular weight is 317 g/mol. The van der Waals surface area contributed by atoms with E-state index in [1.807, 2.05) is 0 Å². The summed E-state index contributed by atoms with van der Waals surface area (Å²) < 4.78 is 17.9. The van der Waals surface area contributed by atoms with Crippen molar-refractivity contribution in [2.45, 2.75) is 19.9 Å². The van der Waals surface area contributed by atoms with Gasteiger partial charge in [-0.05, 0) is 43.3 Å². The smallest absolute Gasteiger partial charge is 0.271 e. The number of hydrogen-bond donors (Lipinski definition) is 2. The molecule has 0 aliphatic carbocycles. The van der Waals surface area contributed by atoms with Crippen LogP contribution in [-0.2, 0) is 11.3 Å². The third kappa shape index (κ3) is 5.39. The fourth-order valence-electron chi connectivity index (χ4n) is 1.75. The second-order valence-corrected chi connectivity index (χ2v) is 4.83. The highest BCUT2D eigenvalue weighted by Gasteiger charge is 2.07. The Balaban J connectivity index is 1.79. The van der Waals surface area contributed by atoms with Crippen molar-refractivity contribution in [3.8, 4) is 0 Å². The highest BCUT2D eigenvalue weighted by Crippen LogP contribution is 2.02. The molecule has 6 nitrogen and oxygen atoms in total. The van der Waals surface area contributed by atoms with Crippen molar-refractivity contribution in [1.29, 1.82) is 0 Å². The zero-order chi connectivity index (χ0) is 16.7. The number of nitrogens with one attached hydrogen (secondary N) is 2. The quantitative estimate of drug-likeness (QED) is 0.633. The van der Waals surface area contributed by atoms with Crippen LogP contribution >= 0.6 is 0 Å². The summed E-state index contributed by atoms with van der Waals surface area (Å²) in [4.78, 5) is 23.5. The first-order valence-electron chi connectivity index (χ1n) is 6.93. The van der Waals surface area contributed by atoms with E-state index < -0.39 is 11.7 Å². The number of hydrogen-bond acceptors (Lipinski definition) is 4. The van der Waals surface area contributed by atoms with E-state index in [0.29, 0.717) is 18.0 Å². The molecule has 0 spiro atoms. The Morgan fingerprint density at radius 1 is 1.22 bits per heavy atom. The molecule has 23 heavy (non-hydrogen) atoms. The van der Waals surface area contributed by atoms with Crippen molar-refractivity contribution in [2.24, 2.45) is 5.10 Å². The van der Waals surface area contributed by atoms with Gasteiger partial charge in [-0.2, -0.15) is 5.10 Å². The molecule has 2 amide bonds. The molecule has 0 radical (unpaired) electrons. The molecule has 120 valence electrons. The number of nitrogens with zero attached hydrogens (tertiary/aromatic N) is 1. The SMILES string of the molecule is C/C(CC(=O)NCc1ccco1)=N/NC(=O)c1ccc(F)cc1. The molecule has 7 heteroatoms. The van der Waals surface area contributed by atoms with Crippen molar-refractivity contribution in [3.63, 3.8) is 0 Å². The molecule has 0 aliphatic rings. The van der Waals surface area contributed by atoms with Crippen LogP contribution in [0.4, 0.5) is 4.39 Å². The summed E-state index contributed by atoms with van der Waals surface area (Å²) in [6.45, 7) is 1.92. The number of carbonyl (C=O) groups excluding carboxylic acids is 2. The molecular formula is C16H16FN3O3. The van der Waals surface area contributed by atoms with Crippen LogP contribution in [0.25, 0.3) is 0 Å². The van der Waals surface area contributed by atoms with Crippen molar-refractivity contribution in [2.75, 3.05) is 0 Å². The van der Waals surface area contributed by atoms with E-state index in [1.165, 1.54) is 30.5 Å². The van der Waals surface area contributed by atoms with Gasteiger partial charge in [-0.1, -0.05) is 0 Å². The molecule has 0 bridgehead atoms. The Labute approximate surface area is 132 Å². The van der Waals surface area contributed by atoms with Crippen LogP contribution in [0.1, 0.15) is 29.5 Å². The highest BCUT2D eigenvalue weighted by atomic mass is 19.1. The van der Waals surface area contributed by atoms with Crippen LogP contribution in [0.15, 0.2) is 52.2 Å². The van der Waals surface area contributed by atoms with Crippen LogP contribution in [0, 0.1) is 5.82 Å². The topological polar surface area (TPSA) is 83.7 Å². The van der Waals surface area contributed by atoms with Crippen molar-refractivity contribution in [3.05, 3.63) is 59.8 Å². The number of amides is 2. The van der Waals surface area contributed by atoms with Crippen LogP contribution in [-0.4, -0.2) is 17.5 Å². The van der Waals surface area contributed by atoms with Gasteiger partial charge >= 0.3 is 0 Å². The molecule has 2 rings (SSSR count). The van der Waals surface area contributed by atoms with E-state index >= 15 is 0 Å². The molecule has 2 N–H and O–H groups in total. The van der Waals surface area contributed by atoms with Crippen molar-refractivity contribution < 1.29 is 18.4 Å². The predicted octanol–water partition coefficient (Wildman–Crippen LogP) is 2.23. The molecule has 1 aromatic carbocycles. The van der Waals surface area contributed by atoms with E-state index in [9.17, 15) is 14.0 Å². The lowest BCUT2D eigenvalue weighted by Gasteiger charge is -2.04. The Hall–Kier alpha value is -2.96. The van der Waals surface area contributed by atoms with Gasteiger partial charge < -0.3 is 9.73 Å². The molecule has 2 aromatic rings. The van der Waals surface area contributed by atoms with Gasteiger partial charge in [-0.25, -0.2) is 9.82 Å². The zero-order valence-electron chi connectivity index (χ0n) is 12.5. The van der Waals surface area contributed by atoms with Crippen LogP contribution in [0.5, 0.6) is 0 Å². The Morgan fingerprint density at radius 3 is 2.61 bits per heavy atom. The van der Waals surface area contributed by atoms with Gasteiger partial charge in [0.05, 0.1) is 19.2 Å². The van der Waals surface area contributed by atoms with Gasteiger partial charge in [0, 0.05) is 11.3 Å². The van der Waals surface area contributed by atoms with Gasteiger partial charge in [-0.15, -0.1) is 0 Å². The first-order valence-corrected chi connectivity index (χ1v) is 6.93. The minimum atomic E-state index is -0.472. The minimum absolute atomic E-state index is 0.0460. The van der Waals surface area contributed by atoms with E-state index in [1.54, 1.807) is 19.1 Å². The summed E-state index contributed by atoms with van der Waals surface area (Å²) in [5.41, 5.74) is 3.05. The standard InChI is InChI=1S/C16H16FN3O3/c1-11(9-15(21)18-10-14-3-2-8-23-14)19-20-16(22)12-4-6-13(17)7-5-12/h2-8H,9-10H2,1H3,(H,18,21)(H,20,22)/b19-11-. The zero-order valence-corrected chi connectivity index (χ0v) is 12.5. The molecule has 1 heterocycles. The van der Waals surface area contributed by atoms with Gasteiger partial charge in [0.15, 0.2) is 0 Å². The summed E-state index contributed by atoms with van der Waals surface area (Å²) >= 11 is 0. The number of furan rings is 1. The summed E-state index contributed by atoms with van der Waals surface area (Å²) in [7, 11) is 0. The molecular weight excluding hydrogens is 301 g/mol. The van der Waals surface area contributed by atoms with E-state index in [2.05, 4.69) is 15.8 Å². The lowest BCUT2D eigenvalue weighted by molar-refractivity contribution is -0.120. The molecule has 0 fully saturated rings. The number of rotatable bonds is 6. The highest BCUT2D eigenvalue weighted by molar-refractivity contribution is 6.01. The second-order valence-electron chi connectivity index (χ2n) is 4.83. The fourth-order valence-corrected chi connectivity index (χ4v) is 1.75.